The van der Waals surface area contributed by atoms with E-state index >= 15 is 0 Å². The number of benzene rings is 2. The summed E-state index contributed by atoms with van der Waals surface area (Å²) in [6.07, 6.45) is 3.62. The zero-order valence-electron chi connectivity index (χ0n) is 17.3. The highest BCUT2D eigenvalue weighted by Gasteiger charge is 2.27. The van der Waals surface area contributed by atoms with Crippen LogP contribution in [-0.4, -0.2) is 38.8 Å². The highest BCUT2D eigenvalue weighted by molar-refractivity contribution is 6.31. The number of H-pyrrole nitrogens is 1. The second kappa shape index (κ2) is 8.16. The number of nitrogens with zero attached hydrogens (tertiary/aromatic N) is 3. The number of aryl methyl sites for hydroxylation is 1. The molecular formula is C25H23ClN4O. The van der Waals surface area contributed by atoms with Crippen LogP contribution in [0.1, 0.15) is 40.5 Å². The number of carbonyl (C=O) groups is 1. The van der Waals surface area contributed by atoms with E-state index in [1.54, 1.807) is 0 Å². The van der Waals surface area contributed by atoms with E-state index in [0.29, 0.717) is 29.7 Å². The molecule has 3 heterocycles. The highest BCUT2D eigenvalue weighted by atomic mass is 35.5. The number of fused-ring (bicyclic) bond motifs is 1. The molecule has 0 bridgehead atoms. The lowest BCUT2D eigenvalue weighted by molar-refractivity contribution is 0.0706. The second-order valence-corrected chi connectivity index (χ2v) is 8.49. The van der Waals surface area contributed by atoms with Gasteiger partial charge in [-0.1, -0.05) is 41.9 Å². The molecule has 0 saturated carbocycles. The molecule has 0 aliphatic carbocycles. The van der Waals surface area contributed by atoms with E-state index in [9.17, 15) is 4.79 Å². The summed E-state index contributed by atoms with van der Waals surface area (Å²) >= 11 is 6.13. The van der Waals surface area contributed by atoms with Gasteiger partial charge in [0.2, 0.25) is 0 Å². The van der Waals surface area contributed by atoms with Crippen molar-refractivity contribution >= 4 is 28.4 Å². The van der Waals surface area contributed by atoms with Crippen LogP contribution < -0.4 is 0 Å². The summed E-state index contributed by atoms with van der Waals surface area (Å²) in [6.45, 7) is 3.40. The van der Waals surface area contributed by atoms with Crippen molar-refractivity contribution in [3.63, 3.8) is 0 Å². The average Bonchev–Trinajstić information content (AvgIpc) is 3.15. The third-order valence-electron chi connectivity index (χ3n) is 6.14. The van der Waals surface area contributed by atoms with Crippen LogP contribution in [0.4, 0.5) is 0 Å². The van der Waals surface area contributed by atoms with Crippen LogP contribution in [0.15, 0.2) is 60.8 Å². The minimum Gasteiger partial charge on any atom is -0.350 e. The summed E-state index contributed by atoms with van der Waals surface area (Å²) in [6, 6.07) is 17.7. The van der Waals surface area contributed by atoms with Crippen LogP contribution in [0.5, 0.6) is 0 Å². The van der Waals surface area contributed by atoms with Gasteiger partial charge in [-0.05, 0) is 49.6 Å². The first-order valence-electron chi connectivity index (χ1n) is 10.6. The Bertz CT molecular complexity index is 1240. The monoisotopic (exact) mass is 430 g/mol. The summed E-state index contributed by atoms with van der Waals surface area (Å²) in [5.74, 6) is 1.14. The lowest BCUT2D eigenvalue weighted by atomic mass is 9.93. The fourth-order valence-electron chi connectivity index (χ4n) is 4.38. The number of aromatic nitrogens is 3. The van der Waals surface area contributed by atoms with Crippen molar-refractivity contribution in [1.29, 1.82) is 0 Å². The van der Waals surface area contributed by atoms with Gasteiger partial charge in [-0.15, -0.1) is 0 Å². The van der Waals surface area contributed by atoms with E-state index in [0.717, 1.165) is 46.4 Å². The first-order valence-corrected chi connectivity index (χ1v) is 10.9. The maximum atomic E-state index is 13.2. The average molecular weight is 431 g/mol. The van der Waals surface area contributed by atoms with Gasteiger partial charge in [-0.2, -0.15) is 0 Å². The smallest absolute Gasteiger partial charge is 0.270 e. The van der Waals surface area contributed by atoms with Crippen molar-refractivity contribution in [2.45, 2.75) is 25.7 Å². The van der Waals surface area contributed by atoms with E-state index in [2.05, 4.69) is 9.97 Å². The van der Waals surface area contributed by atoms with Gasteiger partial charge < -0.3 is 9.88 Å². The third kappa shape index (κ3) is 3.81. The van der Waals surface area contributed by atoms with E-state index in [1.807, 2.05) is 72.6 Å². The van der Waals surface area contributed by atoms with Gasteiger partial charge in [0.05, 0.1) is 0 Å². The Labute approximate surface area is 186 Å². The Kier molecular flexibility index (Phi) is 5.20. The fourth-order valence-corrected chi connectivity index (χ4v) is 4.55. The Balaban J connectivity index is 1.31. The van der Waals surface area contributed by atoms with Gasteiger partial charge in [0.1, 0.15) is 5.69 Å². The molecule has 1 aliphatic rings. The number of piperidine rings is 1. The van der Waals surface area contributed by atoms with E-state index in [-0.39, 0.29) is 5.91 Å². The molecular weight excluding hydrogens is 408 g/mol. The largest absolute Gasteiger partial charge is 0.350 e. The molecule has 0 radical (unpaired) electrons. The van der Waals surface area contributed by atoms with Crippen molar-refractivity contribution in [1.82, 2.24) is 19.9 Å². The Morgan fingerprint density at radius 1 is 1.10 bits per heavy atom. The Morgan fingerprint density at radius 2 is 1.87 bits per heavy atom. The van der Waals surface area contributed by atoms with Crippen LogP contribution in [0.2, 0.25) is 5.02 Å². The molecule has 6 heteroatoms. The predicted octanol–water partition coefficient (Wildman–Crippen LogP) is 5.61. The maximum Gasteiger partial charge on any atom is 0.270 e. The van der Waals surface area contributed by atoms with Crippen LogP contribution in [0.3, 0.4) is 0 Å². The van der Waals surface area contributed by atoms with Crippen molar-refractivity contribution in [2.24, 2.45) is 0 Å². The number of halogens is 1. The predicted molar refractivity (Wildman–Crippen MR) is 123 cm³/mol. The number of amides is 1. The van der Waals surface area contributed by atoms with E-state index in [1.165, 1.54) is 0 Å². The molecule has 1 N–H and O–H groups in total. The lowest BCUT2D eigenvalue weighted by Gasteiger charge is -2.31. The lowest BCUT2D eigenvalue weighted by Crippen LogP contribution is -2.38. The molecule has 0 atom stereocenters. The van der Waals surface area contributed by atoms with Gasteiger partial charge in [0, 0.05) is 52.4 Å². The van der Waals surface area contributed by atoms with E-state index in [4.69, 9.17) is 16.6 Å². The zero-order chi connectivity index (χ0) is 21.4. The molecule has 0 unspecified atom stereocenters. The fraction of sp³-hybridized carbons (Fsp3) is 0.240. The first kappa shape index (κ1) is 19.8. The van der Waals surface area contributed by atoms with Crippen molar-refractivity contribution in [2.75, 3.05) is 13.1 Å². The molecule has 1 fully saturated rings. The Morgan fingerprint density at radius 3 is 2.65 bits per heavy atom. The van der Waals surface area contributed by atoms with Gasteiger partial charge in [0.25, 0.3) is 5.91 Å². The zero-order valence-corrected chi connectivity index (χ0v) is 18.1. The van der Waals surface area contributed by atoms with Crippen LogP contribution in [-0.2, 0) is 0 Å². The van der Waals surface area contributed by atoms with Crippen LogP contribution in [0.25, 0.3) is 22.3 Å². The summed E-state index contributed by atoms with van der Waals surface area (Å²) in [7, 11) is 0. The molecule has 0 spiro atoms. The molecule has 1 saturated heterocycles. The van der Waals surface area contributed by atoms with Crippen molar-refractivity contribution in [3.05, 3.63) is 82.8 Å². The van der Waals surface area contributed by atoms with Gasteiger partial charge in [0.15, 0.2) is 5.82 Å². The third-order valence-corrected chi connectivity index (χ3v) is 6.38. The molecule has 1 amide bonds. The topological polar surface area (TPSA) is 61.9 Å². The molecule has 4 aromatic rings. The van der Waals surface area contributed by atoms with Crippen LogP contribution in [0, 0.1) is 6.92 Å². The number of likely N-dealkylation sites (tertiary alicyclic amines) is 1. The van der Waals surface area contributed by atoms with Crippen molar-refractivity contribution < 1.29 is 4.79 Å². The maximum absolute atomic E-state index is 13.2. The summed E-state index contributed by atoms with van der Waals surface area (Å²) in [5.41, 5.74) is 4.62. The Hall–Kier alpha value is -3.18. The number of carbonyl (C=O) groups excluding carboxylic acids is 1. The number of nitrogens with one attached hydrogen (secondary N) is 1. The normalized spacial score (nSPS) is 14.8. The summed E-state index contributed by atoms with van der Waals surface area (Å²) < 4.78 is 0. The molecule has 156 valence electrons. The van der Waals surface area contributed by atoms with Crippen LogP contribution >= 0.6 is 11.6 Å². The molecule has 2 aromatic heterocycles. The number of aromatic amines is 1. The number of hydrogen-bond donors (Lipinski definition) is 1. The second-order valence-electron chi connectivity index (χ2n) is 8.05. The standard InChI is InChI=1S/C25H23ClN4O/c1-16-20-15-19(26)7-8-22(20)28-23(16)25(31)30-13-10-17(11-14-30)21-9-12-27-24(29-21)18-5-3-2-4-6-18/h2-9,12,15,17,28H,10-11,13-14H2,1H3. The molecule has 5 rings (SSSR count). The molecule has 31 heavy (non-hydrogen) atoms. The quantitative estimate of drug-likeness (QED) is 0.459. The number of rotatable bonds is 3. The summed E-state index contributed by atoms with van der Waals surface area (Å²) in [5, 5.41) is 1.68. The molecule has 1 aliphatic heterocycles. The molecule has 2 aromatic carbocycles. The molecule has 5 nitrogen and oxygen atoms in total. The van der Waals surface area contributed by atoms with Crippen molar-refractivity contribution in [3.8, 4) is 11.4 Å². The van der Waals surface area contributed by atoms with Gasteiger partial charge >= 0.3 is 0 Å². The number of hydrogen-bond acceptors (Lipinski definition) is 3. The minimum atomic E-state index is 0.0518. The first-order chi connectivity index (χ1) is 15.1. The van der Waals surface area contributed by atoms with Gasteiger partial charge in [-0.3, -0.25) is 4.79 Å². The summed E-state index contributed by atoms with van der Waals surface area (Å²) in [4.78, 5) is 27.7. The SMILES string of the molecule is Cc1c(C(=O)N2CCC(c3ccnc(-c4ccccc4)n3)CC2)[nH]c2ccc(Cl)cc12. The minimum absolute atomic E-state index is 0.0518. The van der Waals surface area contributed by atoms with E-state index < -0.39 is 0 Å². The van der Waals surface area contributed by atoms with Gasteiger partial charge in [-0.25, -0.2) is 9.97 Å². The highest BCUT2D eigenvalue weighted by Crippen LogP contribution is 2.30.